The molecule has 4 rings (SSSR count). The van der Waals surface area contributed by atoms with Crippen molar-refractivity contribution in [3.63, 3.8) is 0 Å². The van der Waals surface area contributed by atoms with Crippen LogP contribution in [0.1, 0.15) is 53.3 Å². The summed E-state index contributed by atoms with van der Waals surface area (Å²) in [6.45, 7) is 4.95. The summed E-state index contributed by atoms with van der Waals surface area (Å²) in [5.74, 6) is 0.502. The molecule has 0 saturated carbocycles. The summed E-state index contributed by atoms with van der Waals surface area (Å²) in [6, 6.07) is 18.3. The lowest BCUT2D eigenvalue weighted by atomic mass is 10.1. The summed E-state index contributed by atoms with van der Waals surface area (Å²) in [6.07, 6.45) is 3.59. The van der Waals surface area contributed by atoms with Gasteiger partial charge in [0, 0.05) is 30.7 Å². The van der Waals surface area contributed by atoms with Gasteiger partial charge in [-0.25, -0.2) is 4.98 Å². The summed E-state index contributed by atoms with van der Waals surface area (Å²) < 4.78 is 5.70. The van der Waals surface area contributed by atoms with E-state index in [0.717, 1.165) is 36.5 Å². The van der Waals surface area contributed by atoms with Crippen LogP contribution in [0.5, 0.6) is 0 Å². The lowest BCUT2D eigenvalue weighted by molar-refractivity contribution is 0.0787. The molecule has 0 radical (unpaired) electrons. The highest BCUT2D eigenvalue weighted by atomic mass is 35.5. The zero-order chi connectivity index (χ0) is 20.9. The number of nitrogens with zero attached hydrogens (tertiary/aromatic N) is 3. The normalized spacial score (nSPS) is 15.0. The number of aromatic nitrogens is 1. The molecule has 1 amide bonds. The summed E-state index contributed by atoms with van der Waals surface area (Å²) in [4.78, 5) is 21.2. The van der Waals surface area contributed by atoms with E-state index in [9.17, 15) is 4.79 Å². The van der Waals surface area contributed by atoms with Crippen molar-refractivity contribution in [2.75, 3.05) is 13.1 Å². The third-order valence-corrected chi connectivity index (χ3v) is 5.84. The van der Waals surface area contributed by atoms with Crippen molar-refractivity contribution in [3.8, 4) is 0 Å². The summed E-state index contributed by atoms with van der Waals surface area (Å²) in [5.41, 5.74) is 2.71. The van der Waals surface area contributed by atoms with Crippen LogP contribution in [0.15, 0.2) is 65.3 Å². The summed E-state index contributed by atoms with van der Waals surface area (Å²) >= 11 is 6.19. The first-order valence-corrected chi connectivity index (χ1v) is 10.7. The number of amides is 1. The van der Waals surface area contributed by atoms with E-state index < -0.39 is 0 Å². The van der Waals surface area contributed by atoms with Crippen molar-refractivity contribution in [2.45, 2.75) is 38.9 Å². The minimum absolute atomic E-state index is 0.0417. The minimum atomic E-state index is -0.0417. The van der Waals surface area contributed by atoms with E-state index in [1.54, 1.807) is 0 Å². The Morgan fingerprint density at radius 1 is 1.13 bits per heavy atom. The standard InChI is InChI=1S/C24H26ClN3O2/c1-18(20-9-3-2-4-10-20)28(15-19-8-7-11-21(25)14-19)16-23-26-22(17-30-23)24(29)27-12-5-6-13-27/h2-4,7-11,14,17-18H,5-6,12-13,15-16H2,1H3. The topological polar surface area (TPSA) is 49.6 Å². The number of carbonyl (C=O) groups is 1. The van der Waals surface area contributed by atoms with Gasteiger partial charge in [0.25, 0.3) is 5.91 Å². The molecule has 1 atom stereocenters. The summed E-state index contributed by atoms with van der Waals surface area (Å²) in [7, 11) is 0. The molecule has 0 N–H and O–H groups in total. The number of benzene rings is 2. The van der Waals surface area contributed by atoms with E-state index in [2.05, 4.69) is 35.0 Å². The second-order valence-electron chi connectivity index (χ2n) is 7.75. The van der Waals surface area contributed by atoms with Crippen LogP contribution in [0.2, 0.25) is 5.02 Å². The molecule has 0 bridgehead atoms. The number of likely N-dealkylation sites (tertiary alicyclic amines) is 1. The molecule has 0 aliphatic carbocycles. The number of halogens is 1. The molecule has 156 valence electrons. The van der Waals surface area contributed by atoms with Gasteiger partial charge in [-0.1, -0.05) is 54.1 Å². The first kappa shape index (κ1) is 20.6. The Kier molecular flexibility index (Phi) is 6.50. The zero-order valence-corrected chi connectivity index (χ0v) is 17.9. The van der Waals surface area contributed by atoms with E-state index in [1.807, 2.05) is 41.3 Å². The number of hydrogen-bond donors (Lipinski definition) is 0. The first-order chi connectivity index (χ1) is 14.6. The van der Waals surface area contributed by atoms with E-state index in [1.165, 1.54) is 11.8 Å². The molecular formula is C24H26ClN3O2. The maximum absolute atomic E-state index is 12.6. The van der Waals surface area contributed by atoms with Crippen molar-refractivity contribution >= 4 is 17.5 Å². The van der Waals surface area contributed by atoms with E-state index in [0.29, 0.717) is 24.7 Å². The maximum atomic E-state index is 12.6. The van der Waals surface area contributed by atoms with Gasteiger partial charge in [0.1, 0.15) is 6.26 Å². The molecule has 1 fully saturated rings. The monoisotopic (exact) mass is 423 g/mol. The van der Waals surface area contributed by atoms with Crippen molar-refractivity contribution in [1.29, 1.82) is 0 Å². The molecule has 1 saturated heterocycles. The molecule has 6 heteroatoms. The van der Waals surface area contributed by atoms with Crippen molar-refractivity contribution in [1.82, 2.24) is 14.8 Å². The van der Waals surface area contributed by atoms with Crippen molar-refractivity contribution < 1.29 is 9.21 Å². The quantitative estimate of drug-likeness (QED) is 0.515. The van der Waals surface area contributed by atoms with Gasteiger partial charge in [-0.3, -0.25) is 9.69 Å². The van der Waals surface area contributed by atoms with Crippen LogP contribution < -0.4 is 0 Å². The highest BCUT2D eigenvalue weighted by Gasteiger charge is 2.24. The van der Waals surface area contributed by atoms with Crippen LogP contribution in [0, 0.1) is 0 Å². The Labute approximate surface area is 182 Å². The lowest BCUT2D eigenvalue weighted by Crippen LogP contribution is -2.28. The highest BCUT2D eigenvalue weighted by Crippen LogP contribution is 2.25. The maximum Gasteiger partial charge on any atom is 0.275 e. The van der Waals surface area contributed by atoms with Gasteiger partial charge >= 0.3 is 0 Å². The third kappa shape index (κ3) is 4.91. The molecule has 2 heterocycles. The highest BCUT2D eigenvalue weighted by molar-refractivity contribution is 6.30. The number of carbonyl (C=O) groups excluding carboxylic acids is 1. The molecule has 1 unspecified atom stereocenters. The SMILES string of the molecule is CC(c1ccccc1)N(Cc1cccc(Cl)c1)Cc1nc(C(=O)N2CCCC2)co1. The molecule has 0 spiro atoms. The lowest BCUT2D eigenvalue weighted by Gasteiger charge is -2.28. The Hall–Kier alpha value is -2.63. The van der Waals surface area contributed by atoms with Crippen LogP contribution >= 0.6 is 11.6 Å². The van der Waals surface area contributed by atoms with Crippen LogP contribution in [0.4, 0.5) is 0 Å². The fourth-order valence-electron chi connectivity index (χ4n) is 3.88. The summed E-state index contributed by atoms with van der Waals surface area (Å²) in [5, 5.41) is 0.717. The number of hydrogen-bond acceptors (Lipinski definition) is 4. The van der Waals surface area contributed by atoms with Gasteiger partial charge in [0.05, 0.1) is 6.54 Å². The van der Waals surface area contributed by atoms with Gasteiger partial charge in [-0.05, 0) is 43.0 Å². The van der Waals surface area contributed by atoms with E-state index >= 15 is 0 Å². The zero-order valence-electron chi connectivity index (χ0n) is 17.1. The van der Waals surface area contributed by atoms with Gasteiger partial charge in [0.2, 0.25) is 5.89 Å². The van der Waals surface area contributed by atoms with Gasteiger partial charge in [-0.2, -0.15) is 0 Å². The van der Waals surface area contributed by atoms with Crippen LogP contribution in [-0.2, 0) is 13.1 Å². The van der Waals surface area contributed by atoms with E-state index in [4.69, 9.17) is 16.0 Å². The molecule has 1 aromatic heterocycles. The molecular weight excluding hydrogens is 398 g/mol. The molecule has 3 aromatic rings. The average molecular weight is 424 g/mol. The smallest absolute Gasteiger partial charge is 0.275 e. The second-order valence-corrected chi connectivity index (χ2v) is 8.18. The number of oxazole rings is 1. The fraction of sp³-hybridized carbons (Fsp3) is 0.333. The van der Waals surface area contributed by atoms with Crippen LogP contribution in [-0.4, -0.2) is 33.8 Å². The van der Waals surface area contributed by atoms with E-state index in [-0.39, 0.29) is 11.9 Å². The van der Waals surface area contributed by atoms with Crippen molar-refractivity contribution in [3.05, 3.63) is 88.6 Å². The molecule has 1 aliphatic rings. The third-order valence-electron chi connectivity index (χ3n) is 5.61. The van der Waals surface area contributed by atoms with Gasteiger partial charge < -0.3 is 9.32 Å². The first-order valence-electron chi connectivity index (χ1n) is 10.4. The average Bonchev–Trinajstić information content (AvgIpc) is 3.45. The molecule has 2 aromatic carbocycles. The number of rotatable bonds is 7. The Balaban J connectivity index is 1.54. The van der Waals surface area contributed by atoms with Crippen molar-refractivity contribution in [2.24, 2.45) is 0 Å². The largest absolute Gasteiger partial charge is 0.447 e. The predicted molar refractivity (Wildman–Crippen MR) is 117 cm³/mol. The Bertz CT molecular complexity index is 983. The van der Waals surface area contributed by atoms with Gasteiger partial charge in [-0.15, -0.1) is 0 Å². The van der Waals surface area contributed by atoms with Crippen LogP contribution in [0.25, 0.3) is 0 Å². The molecule has 30 heavy (non-hydrogen) atoms. The fourth-order valence-corrected chi connectivity index (χ4v) is 4.09. The molecule has 1 aliphatic heterocycles. The van der Waals surface area contributed by atoms with Crippen LogP contribution in [0.3, 0.4) is 0 Å². The predicted octanol–water partition coefficient (Wildman–Crippen LogP) is 5.33. The Morgan fingerprint density at radius 2 is 1.90 bits per heavy atom. The molecule has 5 nitrogen and oxygen atoms in total. The second kappa shape index (κ2) is 9.45. The van der Waals surface area contributed by atoms with Gasteiger partial charge in [0.15, 0.2) is 5.69 Å². The Morgan fingerprint density at radius 3 is 2.63 bits per heavy atom. The minimum Gasteiger partial charge on any atom is -0.447 e.